The first-order chi connectivity index (χ1) is 25.3. The highest BCUT2D eigenvalue weighted by Crippen LogP contribution is 2.42. The van der Waals surface area contributed by atoms with Crippen LogP contribution in [0.1, 0.15) is 0 Å². The van der Waals surface area contributed by atoms with Crippen molar-refractivity contribution in [3.63, 3.8) is 0 Å². The lowest BCUT2D eigenvalue weighted by molar-refractivity contribution is 0.669. The number of thiophene rings is 1. The van der Waals surface area contributed by atoms with Gasteiger partial charge in [0.25, 0.3) is 0 Å². The maximum atomic E-state index is 6.35. The molecule has 4 nitrogen and oxygen atoms in total. The Balaban J connectivity index is 1.22. The standard InChI is InChI=1S/C46H27N3OS/c1-2-12-28(13-3-1)29-14-10-15-30(24-29)38-27-39(35-20-11-19-34-33-18-6-9-23-44(33)51-45(34)35)48-46(47-38)49-40-21-7-4-16-31(40)36-26-43-37(25-41(36)49)32-17-5-8-22-42(32)50-43/h1-27H. The average molecular weight is 670 g/mol. The van der Waals surface area contributed by atoms with Crippen molar-refractivity contribution in [2.45, 2.75) is 0 Å². The summed E-state index contributed by atoms with van der Waals surface area (Å²) in [6.07, 6.45) is 0. The summed E-state index contributed by atoms with van der Waals surface area (Å²) >= 11 is 1.82. The zero-order valence-corrected chi connectivity index (χ0v) is 28.1. The van der Waals surface area contributed by atoms with E-state index in [4.69, 9.17) is 14.4 Å². The van der Waals surface area contributed by atoms with Crippen LogP contribution in [0.15, 0.2) is 168 Å². The van der Waals surface area contributed by atoms with Crippen molar-refractivity contribution in [1.82, 2.24) is 14.5 Å². The Bertz CT molecular complexity index is 3150. The molecular formula is C46H27N3OS. The third kappa shape index (κ3) is 4.38. The monoisotopic (exact) mass is 669 g/mol. The lowest BCUT2D eigenvalue weighted by Crippen LogP contribution is -2.04. The van der Waals surface area contributed by atoms with Gasteiger partial charge in [-0.1, -0.05) is 121 Å². The molecule has 0 aliphatic heterocycles. The van der Waals surface area contributed by atoms with Gasteiger partial charge in [0, 0.05) is 52.8 Å². The Labute approximate surface area is 296 Å². The number of para-hydroxylation sites is 2. The van der Waals surface area contributed by atoms with Gasteiger partial charge in [0.1, 0.15) is 11.2 Å². The van der Waals surface area contributed by atoms with E-state index in [1.54, 1.807) is 0 Å². The smallest absolute Gasteiger partial charge is 0.235 e. The summed E-state index contributed by atoms with van der Waals surface area (Å²) in [6.45, 7) is 0. The van der Waals surface area contributed by atoms with Gasteiger partial charge in [-0.2, -0.15) is 0 Å². The van der Waals surface area contributed by atoms with Crippen LogP contribution in [0, 0.1) is 0 Å². The van der Waals surface area contributed by atoms with Crippen molar-refractivity contribution in [3.05, 3.63) is 164 Å². The van der Waals surface area contributed by atoms with Gasteiger partial charge < -0.3 is 4.42 Å². The Morgan fingerprint density at radius 3 is 2.06 bits per heavy atom. The van der Waals surface area contributed by atoms with Gasteiger partial charge in [0.15, 0.2) is 0 Å². The molecule has 0 saturated carbocycles. The SMILES string of the molecule is c1ccc(-c2cccc(-c3cc(-c4cccc5c4sc4ccccc45)nc(-n4c5ccccc5c5cc6oc7ccccc7c6cc54)n3)c2)cc1. The van der Waals surface area contributed by atoms with Crippen molar-refractivity contribution in [1.29, 1.82) is 0 Å². The number of benzene rings is 7. The van der Waals surface area contributed by atoms with Gasteiger partial charge in [-0.05, 0) is 53.6 Å². The molecule has 0 radical (unpaired) electrons. The maximum absolute atomic E-state index is 6.35. The third-order valence-electron chi connectivity index (χ3n) is 10.0. The molecule has 4 heterocycles. The largest absolute Gasteiger partial charge is 0.456 e. The molecule has 0 bridgehead atoms. The summed E-state index contributed by atoms with van der Waals surface area (Å²) < 4.78 is 11.1. The van der Waals surface area contributed by atoms with Crippen molar-refractivity contribution in [2.75, 3.05) is 0 Å². The Morgan fingerprint density at radius 1 is 0.431 bits per heavy atom. The lowest BCUT2D eigenvalue weighted by atomic mass is 10.0. The maximum Gasteiger partial charge on any atom is 0.235 e. The van der Waals surface area contributed by atoms with Crippen LogP contribution in [-0.4, -0.2) is 14.5 Å². The number of furan rings is 1. The summed E-state index contributed by atoms with van der Waals surface area (Å²) in [5, 5.41) is 6.91. The number of nitrogens with zero attached hydrogens (tertiary/aromatic N) is 3. The first-order valence-electron chi connectivity index (χ1n) is 17.1. The molecule has 0 aliphatic carbocycles. The van der Waals surface area contributed by atoms with E-state index in [-0.39, 0.29) is 0 Å². The van der Waals surface area contributed by atoms with E-state index in [0.29, 0.717) is 5.95 Å². The van der Waals surface area contributed by atoms with Crippen LogP contribution in [-0.2, 0) is 0 Å². The molecule has 11 aromatic rings. The van der Waals surface area contributed by atoms with Crippen LogP contribution in [0.25, 0.3) is 104 Å². The van der Waals surface area contributed by atoms with E-state index in [1.807, 2.05) is 23.5 Å². The summed E-state index contributed by atoms with van der Waals surface area (Å²) in [4.78, 5) is 10.8. The van der Waals surface area contributed by atoms with Crippen LogP contribution in [0.3, 0.4) is 0 Å². The predicted molar refractivity (Wildman–Crippen MR) is 213 cm³/mol. The van der Waals surface area contributed by atoms with Crippen molar-refractivity contribution in [2.24, 2.45) is 0 Å². The highest BCUT2D eigenvalue weighted by Gasteiger charge is 2.20. The molecule has 0 fully saturated rings. The van der Waals surface area contributed by atoms with Crippen LogP contribution < -0.4 is 0 Å². The van der Waals surface area contributed by atoms with Gasteiger partial charge in [0.2, 0.25) is 5.95 Å². The molecule has 4 aromatic heterocycles. The second kappa shape index (κ2) is 11.0. The van der Waals surface area contributed by atoms with E-state index >= 15 is 0 Å². The molecule has 5 heteroatoms. The number of rotatable bonds is 4. The second-order valence-corrected chi connectivity index (χ2v) is 14.0. The highest BCUT2D eigenvalue weighted by atomic mass is 32.1. The minimum Gasteiger partial charge on any atom is -0.456 e. The van der Waals surface area contributed by atoms with Gasteiger partial charge >= 0.3 is 0 Å². The van der Waals surface area contributed by atoms with E-state index in [9.17, 15) is 0 Å². The third-order valence-corrected chi connectivity index (χ3v) is 11.3. The summed E-state index contributed by atoms with van der Waals surface area (Å²) in [5.41, 5.74) is 10.0. The fourth-order valence-electron chi connectivity index (χ4n) is 7.66. The van der Waals surface area contributed by atoms with Crippen LogP contribution in [0.2, 0.25) is 0 Å². The molecule has 238 valence electrons. The Kier molecular flexibility index (Phi) is 6.09. The van der Waals surface area contributed by atoms with Gasteiger partial charge in [0.05, 0.1) is 22.4 Å². The molecule has 7 aromatic carbocycles. The molecule has 0 saturated heterocycles. The zero-order valence-electron chi connectivity index (χ0n) is 27.2. The minimum absolute atomic E-state index is 0.629. The summed E-state index contributed by atoms with van der Waals surface area (Å²) in [5.74, 6) is 0.629. The fourth-order valence-corrected chi connectivity index (χ4v) is 8.89. The van der Waals surface area contributed by atoms with Gasteiger partial charge in [-0.3, -0.25) is 4.57 Å². The van der Waals surface area contributed by atoms with E-state index in [0.717, 1.165) is 71.8 Å². The second-order valence-electron chi connectivity index (χ2n) is 13.0. The van der Waals surface area contributed by atoms with E-state index in [1.165, 1.54) is 25.7 Å². The number of fused-ring (bicyclic) bond motifs is 9. The van der Waals surface area contributed by atoms with Crippen molar-refractivity contribution >= 4 is 75.3 Å². The summed E-state index contributed by atoms with van der Waals surface area (Å²) in [6, 6.07) is 57.7. The minimum atomic E-state index is 0.629. The number of aromatic nitrogens is 3. The predicted octanol–water partition coefficient (Wildman–Crippen LogP) is 12.8. The van der Waals surface area contributed by atoms with Crippen molar-refractivity contribution < 1.29 is 4.42 Å². The average Bonchev–Trinajstić information content (AvgIpc) is 3.86. The molecule has 0 aliphatic rings. The zero-order chi connectivity index (χ0) is 33.5. The number of hydrogen-bond donors (Lipinski definition) is 0. The van der Waals surface area contributed by atoms with E-state index < -0.39 is 0 Å². The molecular weight excluding hydrogens is 643 g/mol. The molecule has 0 spiro atoms. The van der Waals surface area contributed by atoms with Crippen LogP contribution in [0.5, 0.6) is 0 Å². The Hall–Kier alpha value is -6.56. The van der Waals surface area contributed by atoms with Crippen molar-refractivity contribution in [3.8, 4) is 39.6 Å². The molecule has 0 unspecified atom stereocenters. The molecule has 51 heavy (non-hydrogen) atoms. The Morgan fingerprint density at radius 2 is 1.14 bits per heavy atom. The van der Waals surface area contributed by atoms with Crippen LogP contribution in [0.4, 0.5) is 0 Å². The van der Waals surface area contributed by atoms with Crippen LogP contribution >= 0.6 is 11.3 Å². The molecule has 0 atom stereocenters. The van der Waals surface area contributed by atoms with E-state index in [2.05, 4.69) is 156 Å². The molecule has 11 rings (SSSR count). The fraction of sp³-hybridized carbons (Fsp3) is 0. The molecule has 0 amide bonds. The topological polar surface area (TPSA) is 43.9 Å². The van der Waals surface area contributed by atoms with Gasteiger partial charge in [-0.15, -0.1) is 11.3 Å². The first kappa shape index (κ1) is 28.3. The number of hydrogen-bond acceptors (Lipinski definition) is 4. The van der Waals surface area contributed by atoms with Gasteiger partial charge in [-0.25, -0.2) is 9.97 Å². The normalized spacial score (nSPS) is 11.9. The molecule has 0 N–H and O–H groups in total. The summed E-state index contributed by atoms with van der Waals surface area (Å²) in [7, 11) is 0. The highest BCUT2D eigenvalue weighted by molar-refractivity contribution is 7.26. The first-order valence-corrected chi connectivity index (χ1v) is 17.9. The quantitative estimate of drug-likeness (QED) is 0.187. The lowest BCUT2D eigenvalue weighted by Gasteiger charge is -2.13.